The minimum Gasteiger partial charge on any atom is -0.489 e. The Morgan fingerprint density at radius 2 is 1.59 bits per heavy atom. The first-order chi connectivity index (χ1) is 16.2. The Morgan fingerprint density at radius 1 is 0.882 bits per heavy atom. The minimum atomic E-state index is -4.66. The average Bonchev–Trinajstić information content (AvgIpc) is 2.81. The molecule has 0 atom stereocenters. The molecule has 3 aromatic carbocycles. The molecule has 34 heavy (non-hydrogen) atoms. The number of carbonyl (C=O) groups excluding carboxylic acids is 3. The highest BCUT2D eigenvalue weighted by atomic mass is 19.4. The maximum absolute atomic E-state index is 13.1. The molecule has 172 valence electrons. The predicted molar refractivity (Wildman–Crippen MR) is 118 cm³/mol. The molecule has 1 N–H and O–H groups in total. The molecule has 1 heterocycles. The maximum atomic E-state index is 13.1. The minimum absolute atomic E-state index is 0.305. The highest BCUT2D eigenvalue weighted by molar-refractivity contribution is 6.39. The van der Waals surface area contributed by atoms with Crippen LogP contribution in [0.1, 0.15) is 16.7 Å². The number of nitrogens with one attached hydrogen (secondary N) is 1. The largest absolute Gasteiger partial charge is 0.489 e. The summed E-state index contributed by atoms with van der Waals surface area (Å²) in [5.74, 6) is -1.41. The Morgan fingerprint density at radius 3 is 2.26 bits per heavy atom. The average molecular weight is 466 g/mol. The molecule has 1 aliphatic rings. The quantitative estimate of drug-likeness (QED) is 0.427. The van der Waals surface area contributed by atoms with Crippen molar-refractivity contribution in [3.63, 3.8) is 0 Å². The summed E-state index contributed by atoms with van der Waals surface area (Å²) in [5, 5.41) is 1.99. The normalized spacial score (nSPS) is 15.4. The van der Waals surface area contributed by atoms with Gasteiger partial charge in [-0.25, -0.2) is 9.69 Å². The third-order valence-corrected chi connectivity index (χ3v) is 4.97. The van der Waals surface area contributed by atoms with Crippen molar-refractivity contribution >= 4 is 29.6 Å². The van der Waals surface area contributed by atoms with Crippen LogP contribution in [0.15, 0.2) is 84.4 Å². The van der Waals surface area contributed by atoms with E-state index in [2.05, 4.69) is 0 Å². The van der Waals surface area contributed by atoms with Gasteiger partial charge in [-0.15, -0.1) is 0 Å². The highest BCUT2D eigenvalue weighted by Crippen LogP contribution is 2.32. The van der Waals surface area contributed by atoms with Gasteiger partial charge in [-0.1, -0.05) is 48.5 Å². The molecule has 0 spiro atoms. The molecule has 1 saturated heterocycles. The molecule has 0 radical (unpaired) electrons. The number of nitrogens with zero attached hydrogens (tertiary/aromatic N) is 1. The van der Waals surface area contributed by atoms with Gasteiger partial charge >= 0.3 is 12.2 Å². The molecule has 0 aromatic heterocycles. The molecule has 0 saturated carbocycles. The number of ether oxygens (including phenoxy) is 1. The van der Waals surface area contributed by atoms with Crippen molar-refractivity contribution < 1.29 is 32.3 Å². The third kappa shape index (κ3) is 4.98. The molecule has 0 unspecified atom stereocenters. The van der Waals surface area contributed by atoms with Crippen molar-refractivity contribution in [3.05, 3.63) is 101 Å². The number of hydrogen-bond donors (Lipinski definition) is 1. The summed E-state index contributed by atoms with van der Waals surface area (Å²) in [5.41, 5.74) is -0.282. The Bertz CT molecular complexity index is 1270. The Hall–Kier alpha value is -4.40. The topological polar surface area (TPSA) is 75.7 Å². The molecular weight excluding hydrogens is 449 g/mol. The second-order valence-corrected chi connectivity index (χ2v) is 7.35. The van der Waals surface area contributed by atoms with Gasteiger partial charge in [0, 0.05) is 0 Å². The van der Waals surface area contributed by atoms with Crippen molar-refractivity contribution in [3.8, 4) is 5.75 Å². The van der Waals surface area contributed by atoms with Gasteiger partial charge in [0.25, 0.3) is 11.8 Å². The van der Waals surface area contributed by atoms with Crippen molar-refractivity contribution in [2.75, 3.05) is 4.90 Å². The van der Waals surface area contributed by atoms with Crippen LogP contribution in [0.3, 0.4) is 0 Å². The first kappa shape index (κ1) is 22.8. The van der Waals surface area contributed by atoms with Gasteiger partial charge in [-0.05, 0) is 47.5 Å². The number of halogens is 3. The molecule has 0 aliphatic carbocycles. The first-order valence-electron chi connectivity index (χ1n) is 10.1. The molecule has 6 nitrogen and oxygen atoms in total. The Kier molecular flexibility index (Phi) is 6.18. The first-order valence-corrected chi connectivity index (χ1v) is 10.1. The standard InChI is InChI=1S/C25H17F3N2O4/c26-25(27,28)18-7-4-8-19(14-18)30-23(32)21(22(31)29-24(30)33)13-16-9-11-20(12-10-16)34-15-17-5-2-1-3-6-17/h1-14H,15H2,(H,29,31,33)/b21-13+. The summed E-state index contributed by atoms with van der Waals surface area (Å²) in [6, 6.07) is 18.7. The van der Waals surface area contributed by atoms with Crippen LogP contribution in [0.2, 0.25) is 0 Å². The number of anilines is 1. The molecule has 9 heteroatoms. The monoisotopic (exact) mass is 466 g/mol. The lowest BCUT2D eigenvalue weighted by Gasteiger charge is -2.26. The number of benzene rings is 3. The summed E-state index contributed by atoms with van der Waals surface area (Å²) >= 11 is 0. The van der Waals surface area contributed by atoms with E-state index in [1.165, 1.54) is 12.1 Å². The summed E-state index contributed by atoms with van der Waals surface area (Å²) in [4.78, 5) is 38.0. The second kappa shape index (κ2) is 9.22. The summed E-state index contributed by atoms with van der Waals surface area (Å²) in [7, 11) is 0. The van der Waals surface area contributed by atoms with Crippen LogP contribution in [0.4, 0.5) is 23.7 Å². The van der Waals surface area contributed by atoms with E-state index in [4.69, 9.17) is 4.74 Å². The number of hydrogen-bond acceptors (Lipinski definition) is 4. The van der Waals surface area contributed by atoms with Crippen LogP contribution < -0.4 is 15.0 Å². The highest BCUT2D eigenvalue weighted by Gasteiger charge is 2.38. The summed E-state index contributed by atoms with van der Waals surface area (Å²) in [6.45, 7) is 0.357. The van der Waals surface area contributed by atoms with Crippen LogP contribution in [0, 0.1) is 0 Å². The van der Waals surface area contributed by atoms with E-state index >= 15 is 0 Å². The van der Waals surface area contributed by atoms with Gasteiger partial charge in [0.15, 0.2) is 0 Å². The molecular formula is C25H17F3N2O4. The summed E-state index contributed by atoms with van der Waals surface area (Å²) < 4.78 is 44.9. The van der Waals surface area contributed by atoms with Gasteiger partial charge in [0.2, 0.25) is 0 Å². The SMILES string of the molecule is O=C1NC(=O)N(c2cccc(C(F)(F)F)c2)C(=O)/C1=C/c1ccc(OCc2ccccc2)cc1. The number of rotatable bonds is 5. The van der Waals surface area contributed by atoms with E-state index < -0.39 is 35.2 Å². The fraction of sp³-hybridized carbons (Fsp3) is 0.0800. The zero-order valence-electron chi connectivity index (χ0n) is 17.5. The number of alkyl halides is 3. The van der Waals surface area contributed by atoms with Crippen LogP contribution in [-0.4, -0.2) is 17.8 Å². The third-order valence-electron chi connectivity index (χ3n) is 4.97. The molecule has 3 aromatic rings. The zero-order valence-corrected chi connectivity index (χ0v) is 17.5. The van der Waals surface area contributed by atoms with Crippen LogP contribution in [0.25, 0.3) is 6.08 Å². The number of urea groups is 1. The number of barbiturate groups is 1. The van der Waals surface area contributed by atoms with E-state index in [9.17, 15) is 27.6 Å². The Balaban J connectivity index is 1.55. The van der Waals surface area contributed by atoms with Gasteiger partial charge in [-0.3, -0.25) is 14.9 Å². The molecule has 4 amide bonds. The van der Waals surface area contributed by atoms with E-state index in [0.717, 1.165) is 17.7 Å². The van der Waals surface area contributed by atoms with Crippen LogP contribution in [-0.2, 0) is 22.4 Å². The van der Waals surface area contributed by atoms with Gasteiger partial charge in [-0.2, -0.15) is 13.2 Å². The van der Waals surface area contributed by atoms with Gasteiger partial charge in [0.1, 0.15) is 17.9 Å². The number of carbonyl (C=O) groups is 3. The second-order valence-electron chi connectivity index (χ2n) is 7.35. The van der Waals surface area contributed by atoms with Gasteiger partial charge < -0.3 is 4.74 Å². The van der Waals surface area contributed by atoms with E-state index in [-0.39, 0.29) is 5.69 Å². The number of amides is 4. The smallest absolute Gasteiger partial charge is 0.416 e. The zero-order chi connectivity index (χ0) is 24.3. The summed E-state index contributed by atoms with van der Waals surface area (Å²) in [6.07, 6.45) is -3.41. The van der Waals surface area contributed by atoms with E-state index in [0.29, 0.717) is 28.9 Å². The predicted octanol–water partition coefficient (Wildman–Crippen LogP) is 4.95. The fourth-order valence-corrected chi connectivity index (χ4v) is 3.28. The lowest BCUT2D eigenvalue weighted by Crippen LogP contribution is -2.54. The van der Waals surface area contributed by atoms with Crippen LogP contribution in [0.5, 0.6) is 5.75 Å². The van der Waals surface area contributed by atoms with Crippen LogP contribution >= 0.6 is 0 Å². The molecule has 1 aliphatic heterocycles. The van der Waals surface area contributed by atoms with Crippen molar-refractivity contribution in [2.24, 2.45) is 0 Å². The van der Waals surface area contributed by atoms with Crippen molar-refractivity contribution in [1.82, 2.24) is 5.32 Å². The molecule has 4 rings (SSSR count). The van der Waals surface area contributed by atoms with Gasteiger partial charge in [0.05, 0.1) is 11.3 Å². The lowest BCUT2D eigenvalue weighted by atomic mass is 10.1. The molecule has 1 fully saturated rings. The molecule has 0 bridgehead atoms. The van der Waals surface area contributed by atoms with Crippen molar-refractivity contribution in [2.45, 2.75) is 12.8 Å². The lowest BCUT2D eigenvalue weighted by molar-refractivity contribution is -0.137. The fourth-order valence-electron chi connectivity index (χ4n) is 3.28. The maximum Gasteiger partial charge on any atom is 0.416 e. The van der Waals surface area contributed by atoms with Crippen molar-refractivity contribution in [1.29, 1.82) is 0 Å². The van der Waals surface area contributed by atoms with E-state index in [1.807, 2.05) is 35.6 Å². The van der Waals surface area contributed by atoms with E-state index in [1.54, 1.807) is 24.3 Å². The number of imide groups is 2. The Labute approximate surface area is 192 Å².